The summed E-state index contributed by atoms with van der Waals surface area (Å²) in [5, 5.41) is 3.09. The number of aromatic nitrogens is 1. The Morgan fingerprint density at radius 2 is 1.72 bits per heavy atom. The first-order valence-corrected chi connectivity index (χ1v) is 11.4. The van der Waals surface area contributed by atoms with E-state index in [0.29, 0.717) is 22.6 Å². The Morgan fingerprint density at radius 3 is 2.44 bits per heavy atom. The number of nitrogens with zero attached hydrogens (tertiary/aromatic N) is 3. The first kappa shape index (κ1) is 20.4. The Morgan fingerprint density at radius 1 is 1.00 bits per heavy atom. The van der Waals surface area contributed by atoms with Gasteiger partial charge in [0, 0.05) is 24.0 Å². The van der Waals surface area contributed by atoms with Crippen molar-refractivity contribution in [2.45, 2.75) is 19.8 Å². The van der Waals surface area contributed by atoms with Crippen molar-refractivity contribution in [2.75, 3.05) is 24.6 Å². The first-order valence-electron chi connectivity index (χ1n) is 10.5. The number of ether oxygens (including phenoxy) is 1. The van der Waals surface area contributed by atoms with Crippen LogP contribution in [0.1, 0.15) is 39.1 Å². The van der Waals surface area contributed by atoms with Crippen LogP contribution >= 0.6 is 11.3 Å². The van der Waals surface area contributed by atoms with Crippen molar-refractivity contribution in [3.63, 3.8) is 0 Å². The summed E-state index contributed by atoms with van der Waals surface area (Å²) in [6.07, 6.45) is 1.97. The van der Waals surface area contributed by atoms with Gasteiger partial charge in [-0.05, 0) is 43.2 Å². The minimum absolute atomic E-state index is 0.0776. The largest absolute Gasteiger partial charge is 0.482 e. The standard InChI is InChI=1S/C24H21N3O4S/c1-2-5-21-25-18(14-32-21)15-8-9-20-19(12-15)26(22(28)13-31-20)10-11-27-23(29)16-6-3-4-7-17(16)24(27)30/h3-4,6-9,12,14H,2,5,10-11,13H2,1H3. The number of amides is 3. The van der Waals surface area contributed by atoms with Gasteiger partial charge in [0.1, 0.15) is 5.75 Å². The molecule has 0 N–H and O–H groups in total. The van der Waals surface area contributed by atoms with Crippen LogP contribution in [0.3, 0.4) is 0 Å². The molecule has 2 aromatic carbocycles. The first-order chi connectivity index (χ1) is 15.6. The van der Waals surface area contributed by atoms with E-state index in [-0.39, 0.29) is 37.4 Å². The Bertz CT molecular complexity index is 1200. The molecule has 1 aromatic heterocycles. The summed E-state index contributed by atoms with van der Waals surface area (Å²) in [6.45, 7) is 2.35. The monoisotopic (exact) mass is 447 g/mol. The van der Waals surface area contributed by atoms with Gasteiger partial charge in [-0.3, -0.25) is 19.3 Å². The van der Waals surface area contributed by atoms with Crippen molar-refractivity contribution < 1.29 is 19.1 Å². The SMILES string of the molecule is CCCc1nc(-c2ccc3c(c2)N(CCN2C(=O)c4ccccc4C2=O)C(=O)CO3)cs1. The van der Waals surface area contributed by atoms with Crippen molar-refractivity contribution in [3.8, 4) is 17.0 Å². The number of aryl methyl sites for hydroxylation is 1. The fourth-order valence-electron chi connectivity index (χ4n) is 4.02. The van der Waals surface area contributed by atoms with E-state index >= 15 is 0 Å². The minimum Gasteiger partial charge on any atom is -0.482 e. The molecule has 7 nitrogen and oxygen atoms in total. The fraction of sp³-hybridized carbons (Fsp3) is 0.250. The van der Waals surface area contributed by atoms with Crippen molar-refractivity contribution in [2.24, 2.45) is 0 Å². The summed E-state index contributed by atoms with van der Waals surface area (Å²) in [5.74, 6) is -0.270. The summed E-state index contributed by atoms with van der Waals surface area (Å²) in [6, 6.07) is 12.4. The molecule has 0 spiro atoms. The van der Waals surface area contributed by atoms with Crippen LogP contribution in [0.25, 0.3) is 11.3 Å². The van der Waals surface area contributed by atoms with Crippen LogP contribution in [0.5, 0.6) is 5.75 Å². The van der Waals surface area contributed by atoms with E-state index in [0.717, 1.165) is 29.1 Å². The zero-order valence-electron chi connectivity index (χ0n) is 17.5. The molecule has 0 bridgehead atoms. The van der Waals surface area contributed by atoms with E-state index in [1.165, 1.54) is 4.90 Å². The third-order valence-corrected chi connectivity index (χ3v) is 6.55. The maximum atomic E-state index is 12.7. The highest BCUT2D eigenvalue weighted by Gasteiger charge is 2.36. The zero-order chi connectivity index (χ0) is 22.2. The second kappa shape index (κ2) is 8.20. The maximum absolute atomic E-state index is 12.7. The molecular formula is C24H21N3O4S. The molecule has 0 atom stereocenters. The lowest BCUT2D eigenvalue weighted by Crippen LogP contribution is -2.44. The summed E-state index contributed by atoms with van der Waals surface area (Å²) < 4.78 is 5.61. The molecule has 0 aliphatic carbocycles. The van der Waals surface area contributed by atoms with Gasteiger partial charge >= 0.3 is 0 Å². The lowest BCUT2D eigenvalue weighted by molar-refractivity contribution is -0.121. The third kappa shape index (κ3) is 3.46. The maximum Gasteiger partial charge on any atom is 0.265 e. The van der Waals surface area contributed by atoms with Crippen molar-refractivity contribution in [3.05, 3.63) is 64.0 Å². The van der Waals surface area contributed by atoms with Crippen LogP contribution in [0.4, 0.5) is 5.69 Å². The quantitative estimate of drug-likeness (QED) is 0.537. The zero-order valence-corrected chi connectivity index (χ0v) is 18.4. The van der Waals surface area contributed by atoms with E-state index in [9.17, 15) is 14.4 Å². The van der Waals surface area contributed by atoms with Gasteiger partial charge in [0.25, 0.3) is 17.7 Å². The molecule has 8 heteroatoms. The number of imide groups is 1. The van der Waals surface area contributed by atoms with Crippen LogP contribution in [-0.4, -0.2) is 47.3 Å². The summed E-state index contributed by atoms with van der Waals surface area (Å²) >= 11 is 1.62. The van der Waals surface area contributed by atoms with Crippen molar-refractivity contribution in [1.82, 2.24) is 9.88 Å². The van der Waals surface area contributed by atoms with E-state index in [1.807, 2.05) is 23.6 Å². The molecule has 3 aromatic rings. The van der Waals surface area contributed by atoms with Crippen molar-refractivity contribution in [1.29, 1.82) is 0 Å². The molecular weight excluding hydrogens is 426 g/mol. The highest BCUT2D eigenvalue weighted by molar-refractivity contribution is 7.09. The summed E-state index contributed by atoms with van der Waals surface area (Å²) in [4.78, 5) is 45.5. The number of hydrogen-bond acceptors (Lipinski definition) is 6. The molecule has 2 aliphatic rings. The number of carbonyl (C=O) groups excluding carboxylic acids is 3. The van der Waals surface area contributed by atoms with E-state index in [2.05, 4.69) is 6.92 Å². The number of rotatable bonds is 6. The lowest BCUT2D eigenvalue weighted by Gasteiger charge is -2.30. The van der Waals surface area contributed by atoms with Gasteiger partial charge in [-0.25, -0.2) is 4.98 Å². The predicted octanol–water partition coefficient (Wildman–Crippen LogP) is 3.78. The molecule has 0 saturated carbocycles. The normalized spacial score (nSPS) is 15.1. The lowest BCUT2D eigenvalue weighted by atomic mass is 10.1. The molecule has 32 heavy (non-hydrogen) atoms. The number of carbonyl (C=O) groups is 3. The van der Waals surface area contributed by atoms with Crippen LogP contribution in [0.15, 0.2) is 47.8 Å². The predicted molar refractivity (Wildman–Crippen MR) is 121 cm³/mol. The minimum atomic E-state index is -0.328. The average Bonchev–Trinajstić information content (AvgIpc) is 3.37. The highest BCUT2D eigenvalue weighted by atomic mass is 32.1. The van der Waals surface area contributed by atoms with Crippen LogP contribution in [0, 0.1) is 0 Å². The number of benzene rings is 2. The Kier molecular flexibility index (Phi) is 5.22. The van der Waals surface area contributed by atoms with E-state index in [1.54, 1.807) is 40.5 Å². The fourth-order valence-corrected chi connectivity index (χ4v) is 4.93. The Balaban J connectivity index is 1.39. The second-order valence-corrected chi connectivity index (χ2v) is 8.64. The molecule has 5 rings (SSSR count). The molecule has 0 saturated heterocycles. The van der Waals surface area contributed by atoms with E-state index < -0.39 is 0 Å². The summed E-state index contributed by atoms with van der Waals surface area (Å²) in [5.41, 5.74) is 3.19. The molecule has 0 unspecified atom stereocenters. The molecule has 0 fully saturated rings. The molecule has 3 heterocycles. The average molecular weight is 448 g/mol. The number of fused-ring (bicyclic) bond motifs is 2. The molecule has 3 amide bonds. The van der Waals surface area contributed by atoms with Crippen molar-refractivity contribution >= 4 is 34.7 Å². The number of hydrogen-bond donors (Lipinski definition) is 0. The second-order valence-electron chi connectivity index (χ2n) is 7.70. The smallest absolute Gasteiger partial charge is 0.265 e. The third-order valence-electron chi connectivity index (χ3n) is 5.64. The number of anilines is 1. The van der Waals surface area contributed by atoms with Gasteiger partial charge in [0.2, 0.25) is 0 Å². The molecule has 162 valence electrons. The number of thiazole rings is 1. The van der Waals surface area contributed by atoms with E-state index in [4.69, 9.17) is 9.72 Å². The van der Waals surface area contributed by atoms with Gasteiger partial charge in [0.05, 0.1) is 27.5 Å². The highest BCUT2D eigenvalue weighted by Crippen LogP contribution is 2.36. The topological polar surface area (TPSA) is 79.8 Å². The van der Waals surface area contributed by atoms with Gasteiger partial charge in [-0.2, -0.15) is 0 Å². The molecule has 2 aliphatic heterocycles. The Hall–Kier alpha value is -3.52. The van der Waals surface area contributed by atoms with Crippen LogP contribution in [-0.2, 0) is 11.2 Å². The van der Waals surface area contributed by atoms with Gasteiger partial charge in [-0.1, -0.05) is 19.1 Å². The van der Waals surface area contributed by atoms with Gasteiger partial charge in [-0.15, -0.1) is 11.3 Å². The van der Waals surface area contributed by atoms with Crippen LogP contribution < -0.4 is 9.64 Å². The van der Waals surface area contributed by atoms with Gasteiger partial charge < -0.3 is 9.64 Å². The summed E-state index contributed by atoms with van der Waals surface area (Å²) in [7, 11) is 0. The van der Waals surface area contributed by atoms with Crippen LogP contribution in [0.2, 0.25) is 0 Å². The van der Waals surface area contributed by atoms with Gasteiger partial charge in [0.15, 0.2) is 6.61 Å². The molecule has 0 radical (unpaired) electrons. The Labute approximate surface area is 189 Å².